The highest BCUT2D eigenvalue weighted by molar-refractivity contribution is 6.30. The molecule has 3 heteroatoms. The summed E-state index contributed by atoms with van der Waals surface area (Å²) in [6, 6.07) is 11.7. The summed E-state index contributed by atoms with van der Waals surface area (Å²) >= 11 is 6.03. The van der Waals surface area contributed by atoms with E-state index in [2.05, 4.69) is 17.4 Å². The highest BCUT2D eigenvalue weighted by Crippen LogP contribution is 2.25. The van der Waals surface area contributed by atoms with Gasteiger partial charge in [-0.2, -0.15) is 0 Å². The molecular weight excluding hydrogens is 285 g/mol. The molecule has 2 aromatic rings. The maximum absolute atomic E-state index is 13.1. The summed E-state index contributed by atoms with van der Waals surface area (Å²) in [5.74, 6) is -0.160. The predicted octanol–water partition coefficient (Wildman–Crippen LogP) is 4.09. The minimum Gasteiger partial charge on any atom is -0.313 e. The highest BCUT2D eigenvalue weighted by atomic mass is 35.5. The third-order valence-corrected chi connectivity index (χ3v) is 4.47. The molecule has 1 aliphatic carbocycles. The number of aryl methyl sites for hydroxylation is 1. The molecule has 0 saturated heterocycles. The first kappa shape index (κ1) is 14.6. The van der Waals surface area contributed by atoms with Crippen molar-refractivity contribution in [2.45, 2.75) is 32.2 Å². The van der Waals surface area contributed by atoms with Crippen LogP contribution in [0.2, 0.25) is 5.02 Å². The monoisotopic (exact) mass is 303 g/mol. The number of benzene rings is 2. The summed E-state index contributed by atoms with van der Waals surface area (Å²) in [6.07, 6.45) is 3.03. The molecule has 0 aliphatic heterocycles. The van der Waals surface area contributed by atoms with Crippen LogP contribution in [0.1, 0.15) is 22.3 Å². The van der Waals surface area contributed by atoms with E-state index in [-0.39, 0.29) is 5.82 Å². The zero-order valence-electron chi connectivity index (χ0n) is 12.1. The summed E-state index contributed by atoms with van der Waals surface area (Å²) in [4.78, 5) is 0. The van der Waals surface area contributed by atoms with Crippen molar-refractivity contribution >= 4 is 11.6 Å². The number of hydrogen-bond acceptors (Lipinski definition) is 1. The molecule has 1 atom stereocenters. The van der Waals surface area contributed by atoms with E-state index in [9.17, 15) is 4.39 Å². The first-order valence-corrected chi connectivity index (χ1v) is 7.75. The molecule has 0 aromatic heterocycles. The zero-order chi connectivity index (χ0) is 14.8. The molecule has 0 spiro atoms. The van der Waals surface area contributed by atoms with Crippen molar-refractivity contribution in [1.82, 2.24) is 5.32 Å². The largest absolute Gasteiger partial charge is 0.313 e. The SMILES string of the molecule is Cc1cc(F)ccc1CCNC1Cc2ccc(Cl)cc2C1. The standard InChI is InChI=1S/C18H19ClFN/c1-12-8-17(20)5-3-13(12)6-7-21-18-10-14-2-4-16(19)9-15(14)11-18/h2-5,8-9,18,21H,6-7,10-11H2,1H3. The van der Waals surface area contributed by atoms with Gasteiger partial charge in [-0.25, -0.2) is 4.39 Å². The quantitative estimate of drug-likeness (QED) is 0.897. The lowest BCUT2D eigenvalue weighted by molar-refractivity contribution is 0.535. The van der Waals surface area contributed by atoms with Gasteiger partial charge in [0.2, 0.25) is 0 Å². The molecule has 1 nitrogen and oxygen atoms in total. The van der Waals surface area contributed by atoms with E-state index in [0.717, 1.165) is 36.4 Å². The van der Waals surface area contributed by atoms with E-state index in [1.807, 2.05) is 19.1 Å². The van der Waals surface area contributed by atoms with Crippen LogP contribution in [0.5, 0.6) is 0 Å². The average Bonchev–Trinajstić information content (AvgIpc) is 2.83. The van der Waals surface area contributed by atoms with Crippen molar-refractivity contribution in [3.05, 3.63) is 69.5 Å². The Kier molecular flexibility index (Phi) is 4.27. The molecule has 3 rings (SSSR count). The second-order valence-electron chi connectivity index (χ2n) is 5.79. The number of halogens is 2. The molecule has 21 heavy (non-hydrogen) atoms. The molecule has 0 radical (unpaired) electrons. The van der Waals surface area contributed by atoms with Gasteiger partial charge in [-0.15, -0.1) is 0 Å². The van der Waals surface area contributed by atoms with Gasteiger partial charge in [0.1, 0.15) is 5.82 Å². The Hall–Kier alpha value is -1.38. The first-order chi connectivity index (χ1) is 10.1. The van der Waals surface area contributed by atoms with Crippen LogP contribution < -0.4 is 5.32 Å². The van der Waals surface area contributed by atoms with Crippen LogP contribution >= 0.6 is 11.6 Å². The Morgan fingerprint density at radius 3 is 2.76 bits per heavy atom. The van der Waals surface area contributed by atoms with Gasteiger partial charge in [-0.1, -0.05) is 23.7 Å². The minimum atomic E-state index is -0.160. The molecule has 1 N–H and O–H groups in total. The van der Waals surface area contributed by atoms with E-state index < -0.39 is 0 Å². The Balaban J connectivity index is 1.53. The maximum atomic E-state index is 13.1. The van der Waals surface area contributed by atoms with Crippen molar-refractivity contribution in [1.29, 1.82) is 0 Å². The van der Waals surface area contributed by atoms with Crippen LogP contribution in [0.25, 0.3) is 0 Å². The van der Waals surface area contributed by atoms with Crippen LogP contribution in [-0.4, -0.2) is 12.6 Å². The molecule has 2 aromatic carbocycles. The lowest BCUT2D eigenvalue weighted by Gasteiger charge is -2.12. The molecule has 0 heterocycles. The smallest absolute Gasteiger partial charge is 0.123 e. The summed E-state index contributed by atoms with van der Waals surface area (Å²) in [6.45, 7) is 2.88. The Labute approximate surface area is 130 Å². The second kappa shape index (κ2) is 6.17. The average molecular weight is 304 g/mol. The Morgan fingerprint density at radius 1 is 1.14 bits per heavy atom. The normalized spacial score (nSPS) is 17.0. The van der Waals surface area contributed by atoms with Crippen molar-refractivity contribution in [3.8, 4) is 0 Å². The lowest BCUT2D eigenvalue weighted by atomic mass is 10.1. The number of nitrogens with one attached hydrogen (secondary N) is 1. The van der Waals surface area contributed by atoms with Gasteiger partial charge in [-0.3, -0.25) is 0 Å². The third kappa shape index (κ3) is 3.45. The van der Waals surface area contributed by atoms with Crippen LogP contribution in [0.15, 0.2) is 36.4 Å². The van der Waals surface area contributed by atoms with Gasteiger partial charge in [0.05, 0.1) is 0 Å². The van der Waals surface area contributed by atoms with Gasteiger partial charge >= 0.3 is 0 Å². The third-order valence-electron chi connectivity index (χ3n) is 4.23. The zero-order valence-corrected chi connectivity index (χ0v) is 12.9. The summed E-state index contributed by atoms with van der Waals surface area (Å²) in [7, 11) is 0. The van der Waals surface area contributed by atoms with Crippen molar-refractivity contribution < 1.29 is 4.39 Å². The molecule has 0 saturated carbocycles. The minimum absolute atomic E-state index is 0.160. The number of fused-ring (bicyclic) bond motifs is 1. The summed E-state index contributed by atoms with van der Waals surface area (Å²) < 4.78 is 13.1. The highest BCUT2D eigenvalue weighted by Gasteiger charge is 2.20. The predicted molar refractivity (Wildman–Crippen MR) is 85.5 cm³/mol. The lowest BCUT2D eigenvalue weighted by Crippen LogP contribution is -2.31. The molecule has 110 valence electrons. The van der Waals surface area contributed by atoms with E-state index in [1.165, 1.54) is 22.8 Å². The number of rotatable bonds is 4. The fraction of sp³-hybridized carbons (Fsp3) is 0.333. The van der Waals surface area contributed by atoms with Crippen LogP contribution in [0.4, 0.5) is 4.39 Å². The molecule has 1 unspecified atom stereocenters. The Morgan fingerprint density at radius 2 is 1.95 bits per heavy atom. The number of hydrogen-bond donors (Lipinski definition) is 1. The van der Waals surface area contributed by atoms with Crippen molar-refractivity contribution in [2.24, 2.45) is 0 Å². The van der Waals surface area contributed by atoms with E-state index >= 15 is 0 Å². The van der Waals surface area contributed by atoms with E-state index in [4.69, 9.17) is 11.6 Å². The molecule has 1 aliphatic rings. The molecule has 0 fully saturated rings. The van der Waals surface area contributed by atoms with Crippen LogP contribution in [-0.2, 0) is 19.3 Å². The second-order valence-corrected chi connectivity index (χ2v) is 6.23. The summed E-state index contributed by atoms with van der Waals surface area (Å²) in [5, 5.41) is 4.42. The first-order valence-electron chi connectivity index (χ1n) is 7.37. The van der Waals surface area contributed by atoms with Gasteiger partial charge in [0.25, 0.3) is 0 Å². The van der Waals surface area contributed by atoms with Crippen molar-refractivity contribution in [3.63, 3.8) is 0 Å². The fourth-order valence-corrected chi connectivity index (χ4v) is 3.28. The van der Waals surface area contributed by atoms with Gasteiger partial charge in [-0.05, 0) is 79.3 Å². The van der Waals surface area contributed by atoms with Gasteiger partial charge < -0.3 is 5.32 Å². The molecule has 0 amide bonds. The molecular formula is C18H19ClFN. The maximum Gasteiger partial charge on any atom is 0.123 e. The molecule has 0 bridgehead atoms. The van der Waals surface area contributed by atoms with Crippen LogP contribution in [0, 0.1) is 12.7 Å². The fourth-order valence-electron chi connectivity index (χ4n) is 3.08. The van der Waals surface area contributed by atoms with Crippen LogP contribution in [0.3, 0.4) is 0 Å². The Bertz CT molecular complexity index is 654. The topological polar surface area (TPSA) is 12.0 Å². The van der Waals surface area contributed by atoms with Gasteiger partial charge in [0, 0.05) is 11.1 Å². The summed E-state index contributed by atoms with van der Waals surface area (Å²) in [5.41, 5.74) is 4.99. The van der Waals surface area contributed by atoms with Gasteiger partial charge in [0.15, 0.2) is 0 Å². The van der Waals surface area contributed by atoms with E-state index in [0.29, 0.717) is 6.04 Å². The van der Waals surface area contributed by atoms with Crippen molar-refractivity contribution in [2.75, 3.05) is 6.54 Å². The van der Waals surface area contributed by atoms with E-state index in [1.54, 1.807) is 6.07 Å².